The third-order valence-electron chi connectivity index (χ3n) is 0.802. The van der Waals surface area contributed by atoms with Gasteiger partial charge in [0.05, 0.1) is 6.26 Å². The highest BCUT2D eigenvalue weighted by molar-refractivity contribution is 5.72. The Morgan fingerprint density at radius 3 is 2.42 bits per heavy atom. The quantitative estimate of drug-likeness (QED) is 0.502. The normalized spacial score (nSPS) is 9.58. The molecule has 0 fully saturated rings. The van der Waals surface area contributed by atoms with Crippen LogP contribution in [0.25, 0.3) is 0 Å². The number of allylic oxidation sites excluding steroid dienone is 2. The van der Waals surface area contributed by atoms with Crippen LogP contribution >= 0.6 is 0 Å². The van der Waals surface area contributed by atoms with E-state index in [1.165, 1.54) is 13.0 Å². The van der Waals surface area contributed by atoms with Crippen LogP contribution in [0.2, 0.25) is 0 Å². The Morgan fingerprint density at radius 2 is 2.00 bits per heavy atom. The Balaban J connectivity index is 0. The molecule has 0 aliphatic rings. The zero-order chi connectivity index (χ0) is 9.82. The highest BCUT2D eigenvalue weighted by Gasteiger charge is 1.82. The molecule has 0 aromatic carbocycles. The van der Waals surface area contributed by atoms with Crippen molar-refractivity contribution in [2.45, 2.75) is 20.8 Å². The topological polar surface area (TPSA) is 49.3 Å². The minimum absolute atomic E-state index is 0.0578. The van der Waals surface area contributed by atoms with E-state index in [4.69, 9.17) is 5.11 Å². The third-order valence-corrected chi connectivity index (χ3v) is 0.802. The smallest absolute Gasteiger partial charge is 0.217 e. The zero-order valence-corrected chi connectivity index (χ0v) is 7.87. The van der Waals surface area contributed by atoms with E-state index >= 15 is 0 Å². The van der Waals surface area contributed by atoms with Crippen LogP contribution in [0.5, 0.6) is 0 Å². The average molecular weight is 171 g/mol. The summed E-state index contributed by atoms with van der Waals surface area (Å²) in [4.78, 5) is 10.3. The van der Waals surface area contributed by atoms with Crippen LogP contribution in [0.1, 0.15) is 20.8 Å². The summed E-state index contributed by atoms with van der Waals surface area (Å²) >= 11 is 0. The summed E-state index contributed by atoms with van der Waals surface area (Å²) in [5.74, 6) is -0.0578. The molecule has 0 heterocycles. The molecular formula is C9H17NO2. The molecule has 0 rings (SSSR count). The zero-order valence-electron chi connectivity index (χ0n) is 7.87. The fourth-order valence-corrected chi connectivity index (χ4v) is 0.399. The molecule has 1 amide bonds. The van der Waals surface area contributed by atoms with E-state index in [1.54, 1.807) is 12.2 Å². The second kappa shape index (κ2) is 12.4. The first-order valence-corrected chi connectivity index (χ1v) is 3.97. The van der Waals surface area contributed by atoms with Crippen LogP contribution in [0, 0.1) is 0 Å². The second-order valence-corrected chi connectivity index (χ2v) is 1.71. The molecule has 3 nitrogen and oxygen atoms in total. The maximum Gasteiger partial charge on any atom is 0.217 e. The van der Waals surface area contributed by atoms with Crippen LogP contribution in [-0.4, -0.2) is 17.6 Å². The van der Waals surface area contributed by atoms with Crippen molar-refractivity contribution in [3.8, 4) is 0 Å². The standard InChI is InChI=1S/C7H11NO2.C2H6/c1-7(10)8-5-3-2-4-6-9;1-2/h2-4,6,9H,5H2,1H3,(H,8,10);1-2H3/b3-2?,6-4-;. The van der Waals surface area contributed by atoms with E-state index < -0.39 is 0 Å². The molecule has 3 heteroatoms. The lowest BCUT2D eigenvalue weighted by molar-refractivity contribution is -0.118. The van der Waals surface area contributed by atoms with Gasteiger partial charge < -0.3 is 10.4 Å². The number of rotatable bonds is 3. The van der Waals surface area contributed by atoms with E-state index in [1.807, 2.05) is 13.8 Å². The number of hydrogen-bond acceptors (Lipinski definition) is 2. The molecule has 0 aromatic heterocycles. The van der Waals surface area contributed by atoms with E-state index in [0.717, 1.165) is 6.26 Å². The monoisotopic (exact) mass is 171 g/mol. The summed E-state index contributed by atoms with van der Waals surface area (Å²) in [6.07, 6.45) is 5.79. The molecule has 0 bridgehead atoms. The van der Waals surface area contributed by atoms with Gasteiger partial charge in [0.1, 0.15) is 0 Å². The molecule has 0 saturated carbocycles. The van der Waals surface area contributed by atoms with E-state index in [9.17, 15) is 4.79 Å². The molecule has 2 N–H and O–H groups in total. The summed E-state index contributed by atoms with van der Waals surface area (Å²) < 4.78 is 0. The lowest BCUT2D eigenvalue weighted by atomic mass is 10.4. The van der Waals surface area contributed by atoms with Gasteiger partial charge in [0, 0.05) is 13.5 Å². The van der Waals surface area contributed by atoms with Crippen molar-refractivity contribution >= 4 is 5.91 Å². The fraction of sp³-hybridized carbons (Fsp3) is 0.444. The third kappa shape index (κ3) is 15.9. The summed E-state index contributed by atoms with van der Waals surface area (Å²) in [5.41, 5.74) is 0. The van der Waals surface area contributed by atoms with Gasteiger partial charge in [-0.3, -0.25) is 4.79 Å². The summed E-state index contributed by atoms with van der Waals surface area (Å²) in [6.45, 7) is 5.95. The van der Waals surface area contributed by atoms with Gasteiger partial charge in [-0.05, 0) is 6.08 Å². The van der Waals surface area contributed by atoms with Crippen molar-refractivity contribution < 1.29 is 9.90 Å². The first-order valence-electron chi connectivity index (χ1n) is 3.97. The van der Waals surface area contributed by atoms with Crippen LogP contribution in [0.15, 0.2) is 24.5 Å². The maximum atomic E-state index is 10.3. The van der Waals surface area contributed by atoms with Crippen molar-refractivity contribution in [3.05, 3.63) is 24.5 Å². The van der Waals surface area contributed by atoms with Crippen LogP contribution in [-0.2, 0) is 4.79 Å². The number of aliphatic hydroxyl groups is 1. The number of amides is 1. The molecule has 0 spiro atoms. The molecule has 12 heavy (non-hydrogen) atoms. The minimum atomic E-state index is -0.0578. The summed E-state index contributed by atoms with van der Waals surface area (Å²) in [7, 11) is 0. The van der Waals surface area contributed by atoms with Crippen LogP contribution in [0.4, 0.5) is 0 Å². The molecular weight excluding hydrogens is 154 g/mol. The molecule has 0 aromatic rings. The molecule has 0 radical (unpaired) electrons. The van der Waals surface area contributed by atoms with E-state index in [0.29, 0.717) is 6.54 Å². The van der Waals surface area contributed by atoms with Crippen LogP contribution in [0.3, 0.4) is 0 Å². The summed E-state index contributed by atoms with van der Waals surface area (Å²) in [6, 6.07) is 0. The number of hydrogen-bond donors (Lipinski definition) is 2. The number of carbonyl (C=O) groups excluding carboxylic acids is 1. The number of carbonyl (C=O) groups is 1. The lowest BCUT2D eigenvalue weighted by Gasteiger charge is -1.91. The predicted molar refractivity (Wildman–Crippen MR) is 50.9 cm³/mol. The second-order valence-electron chi connectivity index (χ2n) is 1.71. The van der Waals surface area contributed by atoms with Gasteiger partial charge in [-0.1, -0.05) is 26.0 Å². The van der Waals surface area contributed by atoms with Gasteiger partial charge in [-0.25, -0.2) is 0 Å². The van der Waals surface area contributed by atoms with Crippen molar-refractivity contribution in [3.63, 3.8) is 0 Å². The first kappa shape index (κ1) is 13.3. The molecule has 0 aliphatic carbocycles. The molecule has 0 atom stereocenters. The van der Waals surface area contributed by atoms with Crippen molar-refractivity contribution in [2.24, 2.45) is 0 Å². The average Bonchev–Trinajstić information content (AvgIpc) is 2.07. The Kier molecular flexibility index (Phi) is 13.8. The number of nitrogens with one attached hydrogen (secondary N) is 1. The SMILES string of the molecule is CC.CC(=O)NCC=C/C=C\O. The van der Waals surface area contributed by atoms with Crippen molar-refractivity contribution in [2.75, 3.05) is 6.54 Å². The highest BCUT2D eigenvalue weighted by atomic mass is 16.2. The minimum Gasteiger partial charge on any atom is -0.516 e. The lowest BCUT2D eigenvalue weighted by Crippen LogP contribution is -2.19. The van der Waals surface area contributed by atoms with Gasteiger partial charge in [0.25, 0.3) is 0 Å². The summed E-state index contributed by atoms with van der Waals surface area (Å²) in [5, 5.41) is 10.7. The Bertz CT molecular complexity index is 151. The van der Waals surface area contributed by atoms with Gasteiger partial charge >= 0.3 is 0 Å². The van der Waals surface area contributed by atoms with E-state index in [2.05, 4.69) is 5.32 Å². The van der Waals surface area contributed by atoms with E-state index in [-0.39, 0.29) is 5.91 Å². The fourth-order valence-electron chi connectivity index (χ4n) is 0.399. The Hall–Kier alpha value is -1.25. The van der Waals surface area contributed by atoms with Crippen LogP contribution < -0.4 is 5.32 Å². The molecule has 0 saturated heterocycles. The van der Waals surface area contributed by atoms with Crippen molar-refractivity contribution in [1.29, 1.82) is 0 Å². The van der Waals surface area contributed by atoms with Gasteiger partial charge in [0.2, 0.25) is 5.91 Å². The van der Waals surface area contributed by atoms with Crippen molar-refractivity contribution in [1.82, 2.24) is 5.32 Å². The number of aliphatic hydroxyl groups excluding tert-OH is 1. The predicted octanol–water partition coefficient (Wildman–Crippen LogP) is 1.78. The van der Waals surface area contributed by atoms with Gasteiger partial charge in [0.15, 0.2) is 0 Å². The Morgan fingerprint density at radius 1 is 1.42 bits per heavy atom. The largest absolute Gasteiger partial charge is 0.516 e. The van der Waals surface area contributed by atoms with Gasteiger partial charge in [-0.15, -0.1) is 0 Å². The molecule has 70 valence electrons. The molecule has 0 unspecified atom stereocenters. The molecule has 0 aliphatic heterocycles. The first-order chi connectivity index (χ1) is 5.77. The highest BCUT2D eigenvalue weighted by Crippen LogP contribution is 1.72. The Labute approximate surface area is 73.8 Å². The van der Waals surface area contributed by atoms with Gasteiger partial charge in [-0.2, -0.15) is 0 Å². The maximum absolute atomic E-state index is 10.3.